The molecule has 90 valence electrons. The fourth-order valence-corrected chi connectivity index (χ4v) is 1.76. The smallest absolute Gasteiger partial charge is 0.119 e. The molecule has 1 aromatic carbocycles. The highest BCUT2D eigenvalue weighted by Gasteiger charge is 1.96. The van der Waals surface area contributed by atoms with Gasteiger partial charge in [-0.05, 0) is 42.8 Å². The van der Waals surface area contributed by atoms with E-state index < -0.39 is 0 Å². The molecule has 2 nitrogen and oxygen atoms in total. The quantitative estimate of drug-likeness (QED) is 0.682. The first-order chi connectivity index (χ1) is 8.40. The number of unbranched alkanes of at least 4 members (excludes halogenated alkanes) is 2. The summed E-state index contributed by atoms with van der Waals surface area (Å²) >= 11 is 0. The summed E-state index contributed by atoms with van der Waals surface area (Å²) in [6.07, 6.45) is 7.68. The van der Waals surface area contributed by atoms with Crippen molar-refractivity contribution < 1.29 is 4.74 Å². The second kappa shape index (κ2) is 6.14. The third-order valence-corrected chi connectivity index (χ3v) is 2.76. The van der Waals surface area contributed by atoms with Gasteiger partial charge in [-0.25, -0.2) is 0 Å². The first-order valence-electron chi connectivity index (χ1n) is 6.26. The van der Waals surface area contributed by atoms with Crippen LogP contribution in [0.15, 0.2) is 48.8 Å². The molecule has 0 saturated heterocycles. The molecular formula is C15H19NO. The van der Waals surface area contributed by atoms with Gasteiger partial charge >= 0.3 is 0 Å². The fraction of sp³-hybridized carbons (Fsp3) is 0.333. The van der Waals surface area contributed by atoms with Crippen LogP contribution in [0.4, 0.5) is 0 Å². The van der Waals surface area contributed by atoms with Crippen LogP contribution in [0, 0.1) is 0 Å². The van der Waals surface area contributed by atoms with E-state index in [0.717, 1.165) is 24.5 Å². The van der Waals surface area contributed by atoms with Gasteiger partial charge in [-0.2, -0.15) is 0 Å². The van der Waals surface area contributed by atoms with Crippen LogP contribution in [-0.4, -0.2) is 11.2 Å². The average Bonchev–Trinajstić information content (AvgIpc) is 2.89. The molecule has 0 spiro atoms. The van der Waals surface area contributed by atoms with Gasteiger partial charge in [-0.1, -0.05) is 19.8 Å². The molecule has 1 heterocycles. The van der Waals surface area contributed by atoms with Gasteiger partial charge in [0.2, 0.25) is 0 Å². The van der Waals surface area contributed by atoms with Crippen molar-refractivity contribution in [1.82, 2.24) is 4.57 Å². The molecule has 0 aliphatic carbocycles. The lowest BCUT2D eigenvalue weighted by Gasteiger charge is -2.07. The van der Waals surface area contributed by atoms with Crippen LogP contribution in [0.2, 0.25) is 0 Å². The van der Waals surface area contributed by atoms with Crippen LogP contribution in [0.1, 0.15) is 26.2 Å². The average molecular weight is 229 g/mol. The second-order valence-corrected chi connectivity index (χ2v) is 4.14. The van der Waals surface area contributed by atoms with Crippen LogP contribution in [0.5, 0.6) is 5.75 Å². The molecule has 0 bridgehead atoms. The Hall–Kier alpha value is -1.70. The lowest BCUT2D eigenvalue weighted by molar-refractivity contribution is 0.306. The monoisotopic (exact) mass is 229 g/mol. The third kappa shape index (κ3) is 3.38. The summed E-state index contributed by atoms with van der Waals surface area (Å²) < 4.78 is 7.76. The summed E-state index contributed by atoms with van der Waals surface area (Å²) in [5.41, 5.74) is 1.16. The van der Waals surface area contributed by atoms with Gasteiger partial charge < -0.3 is 9.30 Å². The summed E-state index contributed by atoms with van der Waals surface area (Å²) in [5.74, 6) is 0.956. The Bertz CT molecular complexity index is 417. The Morgan fingerprint density at radius 2 is 1.71 bits per heavy atom. The molecule has 0 N–H and O–H groups in total. The molecule has 1 aromatic heterocycles. The number of hydrogen-bond donors (Lipinski definition) is 0. The molecule has 0 aliphatic rings. The Morgan fingerprint density at radius 3 is 2.35 bits per heavy atom. The van der Waals surface area contributed by atoms with Crippen LogP contribution in [0.25, 0.3) is 5.69 Å². The molecular weight excluding hydrogens is 210 g/mol. The minimum Gasteiger partial charge on any atom is -0.494 e. The zero-order chi connectivity index (χ0) is 11.9. The highest BCUT2D eigenvalue weighted by molar-refractivity contribution is 5.37. The normalized spacial score (nSPS) is 10.4. The van der Waals surface area contributed by atoms with E-state index in [0.29, 0.717) is 0 Å². The van der Waals surface area contributed by atoms with Crippen LogP contribution in [0.3, 0.4) is 0 Å². The number of aromatic nitrogens is 1. The van der Waals surface area contributed by atoms with E-state index in [4.69, 9.17) is 4.74 Å². The Kier molecular flexibility index (Phi) is 4.25. The lowest BCUT2D eigenvalue weighted by Crippen LogP contribution is -1.97. The van der Waals surface area contributed by atoms with Crippen molar-refractivity contribution in [2.24, 2.45) is 0 Å². The second-order valence-electron chi connectivity index (χ2n) is 4.14. The lowest BCUT2D eigenvalue weighted by atomic mass is 10.2. The molecule has 0 saturated carbocycles. The molecule has 2 rings (SSSR count). The number of hydrogen-bond acceptors (Lipinski definition) is 1. The summed E-state index contributed by atoms with van der Waals surface area (Å²) in [7, 11) is 0. The molecule has 0 unspecified atom stereocenters. The number of ether oxygens (including phenoxy) is 1. The molecule has 17 heavy (non-hydrogen) atoms. The van der Waals surface area contributed by atoms with E-state index in [-0.39, 0.29) is 0 Å². The SMILES string of the molecule is CCCCCOc1ccc(-n2cccc2)cc1. The van der Waals surface area contributed by atoms with Crippen LogP contribution >= 0.6 is 0 Å². The predicted octanol–water partition coefficient (Wildman–Crippen LogP) is 4.05. The van der Waals surface area contributed by atoms with Gasteiger partial charge in [0.1, 0.15) is 5.75 Å². The Morgan fingerprint density at radius 1 is 1.00 bits per heavy atom. The van der Waals surface area contributed by atoms with Crippen molar-refractivity contribution in [3.05, 3.63) is 48.8 Å². The maximum Gasteiger partial charge on any atom is 0.119 e. The first kappa shape index (κ1) is 11.8. The van der Waals surface area contributed by atoms with Gasteiger partial charge in [0.15, 0.2) is 0 Å². The van der Waals surface area contributed by atoms with E-state index in [1.807, 2.05) is 36.7 Å². The zero-order valence-corrected chi connectivity index (χ0v) is 10.3. The zero-order valence-electron chi connectivity index (χ0n) is 10.3. The maximum absolute atomic E-state index is 5.67. The van der Waals surface area contributed by atoms with E-state index >= 15 is 0 Å². The van der Waals surface area contributed by atoms with Gasteiger partial charge in [0, 0.05) is 18.1 Å². The van der Waals surface area contributed by atoms with Gasteiger partial charge in [0.25, 0.3) is 0 Å². The van der Waals surface area contributed by atoms with Crippen molar-refractivity contribution in [3.63, 3.8) is 0 Å². The minimum atomic E-state index is 0.816. The van der Waals surface area contributed by atoms with Crippen LogP contribution in [-0.2, 0) is 0 Å². The molecule has 2 aromatic rings. The molecule has 0 aliphatic heterocycles. The highest BCUT2D eigenvalue weighted by atomic mass is 16.5. The Balaban J connectivity index is 1.90. The van der Waals surface area contributed by atoms with E-state index in [1.54, 1.807) is 0 Å². The predicted molar refractivity (Wildman–Crippen MR) is 70.8 cm³/mol. The van der Waals surface area contributed by atoms with Crippen molar-refractivity contribution in [3.8, 4) is 11.4 Å². The largest absolute Gasteiger partial charge is 0.494 e. The van der Waals surface area contributed by atoms with Gasteiger partial charge in [0.05, 0.1) is 6.61 Å². The first-order valence-corrected chi connectivity index (χ1v) is 6.26. The molecule has 0 fully saturated rings. The minimum absolute atomic E-state index is 0.816. The maximum atomic E-state index is 5.67. The number of rotatable bonds is 6. The van der Waals surface area contributed by atoms with Crippen molar-refractivity contribution in [2.45, 2.75) is 26.2 Å². The van der Waals surface area contributed by atoms with Crippen molar-refractivity contribution >= 4 is 0 Å². The van der Waals surface area contributed by atoms with Gasteiger partial charge in [-0.15, -0.1) is 0 Å². The third-order valence-electron chi connectivity index (χ3n) is 2.76. The van der Waals surface area contributed by atoms with Crippen molar-refractivity contribution in [1.29, 1.82) is 0 Å². The van der Waals surface area contributed by atoms with Crippen molar-refractivity contribution in [2.75, 3.05) is 6.61 Å². The molecule has 0 amide bonds. The summed E-state index contributed by atoms with van der Waals surface area (Å²) in [4.78, 5) is 0. The van der Waals surface area contributed by atoms with E-state index in [2.05, 4.69) is 23.6 Å². The van der Waals surface area contributed by atoms with Crippen LogP contribution < -0.4 is 4.74 Å². The Labute approximate surface area is 103 Å². The summed E-state index contributed by atoms with van der Waals surface area (Å²) in [6.45, 7) is 3.02. The van der Waals surface area contributed by atoms with E-state index in [1.165, 1.54) is 12.8 Å². The van der Waals surface area contributed by atoms with Gasteiger partial charge in [-0.3, -0.25) is 0 Å². The van der Waals surface area contributed by atoms with E-state index in [9.17, 15) is 0 Å². The number of nitrogens with zero attached hydrogens (tertiary/aromatic N) is 1. The fourth-order valence-electron chi connectivity index (χ4n) is 1.76. The molecule has 0 atom stereocenters. The molecule has 0 radical (unpaired) electrons. The summed E-state index contributed by atoms with van der Waals surface area (Å²) in [6, 6.07) is 12.3. The topological polar surface area (TPSA) is 14.2 Å². The summed E-state index contributed by atoms with van der Waals surface area (Å²) in [5, 5.41) is 0. The number of benzene rings is 1. The highest BCUT2D eigenvalue weighted by Crippen LogP contribution is 2.15. The standard InChI is InChI=1S/C15H19NO/c1-2-3-6-13-17-15-9-7-14(8-10-15)16-11-4-5-12-16/h4-5,7-12H,2-3,6,13H2,1H3. The molecule has 2 heteroatoms.